The molecule has 0 heterocycles. The molecular weight excluding hydrogens is 290 g/mol. The summed E-state index contributed by atoms with van der Waals surface area (Å²) in [5.41, 5.74) is 1.02. The van der Waals surface area contributed by atoms with E-state index in [1.807, 2.05) is 13.8 Å². The maximum absolute atomic E-state index is 12.0. The lowest BCUT2D eigenvalue weighted by Gasteiger charge is -2.09. The zero-order chi connectivity index (χ0) is 15.7. The van der Waals surface area contributed by atoms with Crippen LogP contribution in [-0.4, -0.2) is 39.9 Å². The van der Waals surface area contributed by atoms with Crippen molar-refractivity contribution in [3.8, 4) is 0 Å². The Labute approximate surface area is 127 Å². The van der Waals surface area contributed by atoms with E-state index in [0.29, 0.717) is 25.6 Å². The number of ether oxygens (including phenoxy) is 1. The van der Waals surface area contributed by atoms with Crippen molar-refractivity contribution in [3.05, 3.63) is 29.8 Å². The monoisotopic (exact) mass is 315 g/mol. The van der Waals surface area contributed by atoms with E-state index >= 15 is 0 Å². The Kier molecular flexibility index (Phi) is 7.88. The van der Waals surface area contributed by atoms with Gasteiger partial charge in [-0.1, -0.05) is 26.0 Å². The molecule has 0 fully saturated rings. The first-order chi connectivity index (χ1) is 9.95. The zero-order valence-corrected chi connectivity index (χ0v) is 13.5. The fraction of sp³-hybridized carbons (Fsp3) is 0.600. The van der Waals surface area contributed by atoms with E-state index in [1.54, 1.807) is 24.3 Å². The van der Waals surface area contributed by atoms with E-state index in [2.05, 4.69) is 4.72 Å². The van der Waals surface area contributed by atoms with Crippen molar-refractivity contribution >= 4 is 10.0 Å². The summed E-state index contributed by atoms with van der Waals surface area (Å²) in [6.45, 7) is 5.48. The van der Waals surface area contributed by atoms with Crippen molar-refractivity contribution in [3.63, 3.8) is 0 Å². The molecule has 0 saturated carbocycles. The van der Waals surface area contributed by atoms with Gasteiger partial charge in [-0.3, -0.25) is 0 Å². The maximum atomic E-state index is 12.0. The third-order valence-corrected chi connectivity index (χ3v) is 4.32. The number of aliphatic hydroxyl groups is 1. The molecule has 0 radical (unpaired) electrons. The van der Waals surface area contributed by atoms with Crippen LogP contribution >= 0.6 is 0 Å². The van der Waals surface area contributed by atoms with Crippen LogP contribution in [0.15, 0.2) is 29.2 Å². The van der Waals surface area contributed by atoms with Crippen LogP contribution in [0.1, 0.15) is 25.8 Å². The minimum atomic E-state index is -3.48. The van der Waals surface area contributed by atoms with Gasteiger partial charge in [0, 0.05) is 19.8 Å². The summed E-state index contributed by atoms with van der Waals surface area (Å²) in [5.74, 6) is 0.438. The highest BCUT2D eigenvalue weighted by Gasteiger charge is 2.12. The lowest BCUT2D eigenvalue weighted by molar-refractivity contribution is 0.114. The molecule has 120 valence electrons. The van der Waals surface area contributed by atoms with Gasteiger partial charge in [-0.2, -0.15) is 0 Å². The van der Waals surface area contributed by atoms with Crippen LogP contribution in [0, 0.1) is 5.92 Å². The minimum absolute atomic E-state index is 0.137. The molecule has 0 aliphatic heterocycles. The van der Waals surface area contributed by atoms with Gasteiger partial charge in [-0.25, -0.2) is 13.1 Å². The molecule has 0 bridgehead atoms. The van der Waals surface area contributed by atoms with E-state index in [-0.39, 0.29) is 18.0 Å². The number of benzene rings is 1. The van der Waals surface area contributed by atoms with Crippen molar-refractivity contribution in [2.75, 3.05) is 26.4 Å². The summed E-state index contributed by atoms with van der Waals surface area (Å²) in [5, 5.41) is 8.77. The molecule has 1 rings (SSSR count). The summed E-state index contributed by atoms with van der Waals surface area (Å²) in [6, 6.07) is 6.73. The van der Waals surface area contributed by atoms with Crippen LogP contribution in [0.3, 0.4) is 0 Å². The molecule has 0 aliphatic rings. The van der Waals surface area contributed by atoms with Crippen molar-refractivity contribution in [1.29, 1.82) is 0 Å². The molecule has 0 aromatic heterocycles. The highest BCUT2D eigenvalue weighted by Crippen LogP contribution is 2.11. The maximum Gasteiger partial charge on any atom is 0.240 e. The van der Waals surface area contributed by atoms with Crippen LogP contribution in [-0.2, 0) is 21.2 Å². The number of hydrogen-bond acceptors (Lipinski definition) is 4. The molecule has 0 unspecified atom stereocenters. The standard InChI is InChI=1S/C15H25NO4S/c1-13(2)12-20-11-9-16-21(18,19)15-7-5-14(6-8-15)4-3-10-17/h5-8,13,16-17H,3-4,9-12H2,1-2H3. The number of sulfonamides is 1. The lowest BCUT2D eigenvalue weighted by Crippen LogP contribution is -2.27. The molecule has 0 aliphatic carbocycles. The van der Waals surface area contributed by atoms with Crippen molar-refractivity contribution < 1.29 is 18.3 Å². The topological polar surface area (TPSA) is 75.6 Å². The van der Waals surface area contributed by atoms with E-state index in [0.717, 1.165) is 12.0 Å². The average molecular weight is 315 g/mol. The summed E-state index contributed by atoms with van der Waals surface area (Å²) >= 11 is 0. The molecular formula is C15H25NO4S. The fourth-order valence-corrected chi connectivity index (χ4v) is 2.78. The number of rotatable bonds is 10. The van der Waals surface area contributed by atoms with E-state index in [4.69, 9.17) is 9.84 Å². The molecule has 0 amide bonds. The highest BCUT2D eigenvalue weighted by molar-refractivity contribution is 7.89. The largest absolute Gasteiger partial charge is 0.396 e. The quantitative estimate of drug-likeness (QED) is 0.643. The second-order valence-corrected chi connectivity index (χ2v) is 7.10. The summed E-state index contributed by atoms with van der Waals surface area (Å²) in [4.78, 5) is 0.249. The lowest BCUT2D eigenvalue weighted by atomic mass is 10.1. The van der Waals surface area contributed by atoms with E-state index in [1.165, 1.54) is 0 Å². The number of aliphatic hydroxyl groups excluding tert-OH is 1. The molecule has 2 N–H and O–H groups in total. The Bertz CT molecular complexity index is 497. The van der Waals surface area contributed by atoms with Gasteiger partial charge >= 0.3 is 0 Å². The SMILES string of the molecule is CC(C)COCCNS(=O)(=O)c1ccc(CCCO)cc1. The normalized spacial score (nSPS) is 12.0. The Balaban J connectivity index is 2.46. The van der Waals surface area contributed by atoms with Gasteiger partial charge in [0.15, 0.2) is 0 Å². The van der Waals surface area contributed by atoms with E-state index in [9.17, 15) is 8.42 Å². The van der Waals surface area contributed by atoms with Crippen molar-refractivity contribution in [2.24, 2.45) is 5.92 Å². The predicted octanol–water partition coefficient (Wildman–Crippen LogP) is 1.56. The molecule has 0 spiro atoms. The smallest absolute Gasteiger partial charge is 0.240 e. The minimum Gasteiger partial charge on any atom is -0.396 e. The van der Waals surface area contributed by atoms with Gasteiger partial charge in [-0.15, -0.1) is 0 Å². The highest BCUT2D eigenvalue weighted by atomic mass is 32.2. The zero-order valence-electron chi connectivity index (χ0n) is 12.7. The van der Waals surface area contributed by atoms with E-state index < -0.39 is 10.0 Å². The van der Waals surface area contributed by atoms with Crippen LogP contribution in [0.25, 0.3) is 0 Å². The van der Waals surface area contributed by atoms with Gasteiger partial charge in [-0.05, 0) is 36.5 Å². The number of hydrogen-bond donors (Lipinski definition) is 2. The third kappa shape index (κ3) is 7.04. The number of nitrogens with one attached hydrogen (secondary N) is 1. The fourth-order valence-electron chi connectivity index (χ4n) is 1.77. The van der Waals surface area contributed by atoms with Gasteiger partial charge in [0.05, 0.1) is 11.5 Å². The van der Waals surface area contributed by atoms with Gasteiger partial charge in [0.1, 0.15) is 0 Å². The van der Waals surface area contributed by atoms with Gasteiger partial charge in [0.25, 0.3) is 0 Å². The Morgan fingerprint density at radius 1 is 1.24 bits per heavy atom. The van der Waals surface area contributed by atoms with Crippen LogP contribution in [0.2, 0.25) is 0 Å². The average Bonchev–Trinajstić information content (AvgIpc) is 2.44. The Morgan fingerprint density at radius 2 is 1.90 bits per heavy atom. The second-order valence-electron chi connectivity index (χ2n) is 5.34. The molecule has 1 aromatic rings. The van der Waals surface area contributed by atoms with Gasteiger partial charge < -0.3 is 9.84 Å². The number of aryl methyl sites for hydroxylation is 1. The summed E-state index contributed by atoms with van der Waals surface area (Å²) in [6.07, 6.45) is 1.42. The van der Waals surface area contributed by atoms with Crippen LogP contribution in [0.5, 0.6) is 0 Å². The predicted molar refractivity (Wildman–Crippen MR) is 82.7 cm³/mol. The molecule has 1 aromatic carbocycles. The van der Waals surface area contributed by atoms with Crippen molar-refractivity contribution in [2.45, 2.75) is 31.6 Å². The van der Waals surface area contributed by atoms with Crippen molar-refractivity contribution in [1.82, 2.24) is 4.72 Å². The van der Waals surface area contributed by atoms with Crippen LogP contribution < -0.4 is 4.72 Å². The summed E-state index contributed by atoms with van der Waals surface area (Å²) < 4.78 is 32.0. The molecule has 0 saturated heterocycles. The molecule has 5 nitrogen and oxygen atoms in total. The first-order valence-corrected chi connectivity index (χ1v) is 8.71. The second kappa shape index (κ2) is 9.15. The Hall–Kier alpha value is -0.950. The molecule has 0 atom stereocenters. The summed E-state index contributed by atoms with van der Waals surface area (Å²) in [7, 11) is -3.48. The van der Waals surface area contributed by atoms with Gasteiger partial charge in [0.2, 0.25) is 10.0 Å². The Morgan fingerprint density at radius 3 is 2.48 bits per heavy atom. The van der Waals surface area contributed by atoms with Crippen LogP contribution in [0.4, 0.5) is 0 Å². The molecule has 21 heavy (non-hydrogen) atoms. The first-order valence-electron chi connectivity index (χ1n) is 7.23. The molecule has 6 heteroatoms. The first kappa shape index (κ1) is 18.1. The third-order valence-electron chi connectivity index (χ3n) is 2.85.